The molecule has 0 N–H and O–H groups in total. The van der Waals surface area contributed by atoms with Gasteiger partial charge < -0.3 is 9.47 Å². The molecule has 1 aliphatic carbocycles. The van der Waals surface area contributed by atoms with E-state index in [0.717, 1.165) is 28.3 Å². The third-order valence-corrected chi connectivity index (χ3v) is 5.79. The summed E-state index contributed by atoms with van der Waals surface area (Å²) in [7, 11) is 0. The fraction of sp³-hybridized carbons (Fsp3) is 0.115. The highest BCUT2D eigenvalue weighted by atomic mass is 16.7. The van der Waals surface area contributed by atoms with Crippen LogP contribution in [0.3, 0.4) is 0 Å². The second-order valence-corrected chi connectivity index (χ2v) is 7.71. The van der Waals surface area contributed by atoms with Crippen molar-refractivity contribution in [1.82, 2.24) is 4.98 Å². The second kappa shape index (κ2) is 5.95. The van der Waals surface area contributed by atoms with Gasteiger partial charge in [0.1, 0.15) is 0 Å². The van der Waals surface area contributed by atoms with E-state index >= 15 is 0 Å². The van der Waals surface area contributed by atoms with Gasteiger partial charge in [-0.25, -0.2) is 0 Å². The molecule has 140 valence electrons. The van der Waals surface area contributed by atoms with Crippen molar-refractivity contribution in [3.8, 4) is 22.6 Å². The number of hydrogen-bond donors (Lipinski definition) is 0. The van der Waals surface area contributed by atoms with Crippen LogP contribution in [0.25, 0.3) is 33.7 Å². The fourth-order valence-corrected chi connectivity index (χ4v) is 4.48. The van der Waals surface area contributed by atoms with Gasteiger partial charge in [0.05, 0.1) is 5.52 Å². The number of ether oxygens (including phenoxy) is 2. The molecule has 0 unspecified atom stereocenters. The molecule has 4 aromatic rings. The molecule has 0 saturated heterocycles. The Morgan fingerprint density at radius 3 is 2.52 bits per heavy atom. The Bertz CT molecular complexity index is 1350. The first kappa shape index (κ1) is 16.4. The lowest BCUT2D eigenvalue weighted by Crippen LogP contribution is -1.92. The molecule has 0 fully saturated rings. The molecule has 0 amide bonds. The molecule has 2 heterocycles. The van der Waals surface area contributed by atoms with E-state index in [1.54, 1.807) is 0 Å². The summed E-state index contributed by atoms with van der Waals surface area (Å²) >= 11 is 0. The van der Waals surface area contributed by atoms with Crippen LogP contribution in [0, 0.1) is 13.8 Å². The zero-order valence-corrected chi connectivity index (χ0v) is 16.3. The quantitative estimate of drug-likeness (QED) is 0.351. The topological polar surface area (TPSA) is 31.4 Å². The molecular formula is C26H19NO2. The van der Waals surface area contributed by atoms with Gasteiger partial charge >= 0.3 is 0 Å². The molecule has 1 aromatic heterocycles. The summed E-state index contributed by atoms with van der Waals surface area (Å²) in [5, 5.41) is 1.22. The van der Waals surface area contributed by atoms with Gasteiger partial charge in [-0.2, -0.15) is 0 Å². The third-order valence-electron chi connectivity index (χ3n) is 5.79. The Morgan fingerprint density at radius 1 is 0.793 bits per heavy atom. The molecule has 1 aliphatic heterocycles. The monoisotopic (exact) mass is 377 g/mol. The van der Waals surface area contributed by atoms with Gasteiger partial charge in [-0.3, -0.25) is 4.98 Å². The van der Waals surface area contributed by atoms with E-state index in [9.17, 15) is 0 Å². The molecule has 3 aromatic carbocycles. The summed E-state index contributed by atoms with van der Waals surface area (Å²) in [6.07, 6.45) is 2.24. The largest absolute Gasteiger partial charge is 0.454 e. The van der Waals surface area contributed by atoms with E-state index < -0.39 is 0 Å². The molecule has 0 bridgehead atoms. The number of benzene rings is 3. The normalized spacial score (nSPS) is 15.0. The molecule has 2 aliphatic rings. The van der Waals surface area contributed by atoms with Crippen LogP contribution < -0.4 is 9.47 Å². The molecule has 29 heavy (non-hydrogen) atoms. The van der Waals surface area contributed by atoms with Gasteiger partial charge in [0.2, 0.25) is 6.79 Å². The predicted molar refractivity (Wildman–Crippen MR) is 116 cm³/mol. The fourth-order valence-electron chi connectivity index (χ4n) is 4.48. The predicted octanol–water partition coefficient (Wildman–Crippen LogP) is 6.15. The van der Waals surface area contributed by atoms with Gasteiger partial charge in [0.25, 0.3) is 0 Å². The molecule has 3 nitrogen and oxygen atoms in total. The number of nitrogens with zero attached hydrogens (tertiary/aromatic N) is 1. The van der Waals surface area contributed by atoms with Crippen LogP contribution in [0.2, 0.25) is 0 Å². The maximum Gasteiger partial charge on any atom is 0.231 e. The zero-order valence-electron chi connectivity index (χ0n) is 16.3. The molecule has 3 heteroatoms. The molecule has 0 radical (unpaired) electrons. The lowest BCUT2D eigenvalue weighted by molar-refractivity contribution is 0.174. The summed E-state index contributed by atoms with van der Waals surface area (Å²) in [5.41, 5.74) is 10.7. The average Bonchev–Trinajstić information content (AvgIpc) is 3.30. The summed E-state index contributed by atoms with van der Waals surface area (Å²) in [5.74, 6) is 1.61. The van der Waals surface area contributed by atoms with Crippen molar-refractivity contribution in [1.29, 1.82) is 0 Å². The van der Waals surface area contributed by atoms with Crippen molar-refractivity contribution >= 4 is 22.6 Å². The van der Waals surface area contributed by atoms with E-state index in [2.05, 4.69) is 68.5 Å². The van der Waals surface area contributed by atoms with Crippen LogP contribution in [0.4, 0.5) is 0 Å². The van der Waals surface area contributed by atoms with Crippen molar-refractivity contribution in [3.63, 3.8) is 0 Å². The van der Waals surface area contributed by atoms with E-state index in [4.69, 9.17) is 14.5 Å². The van der Waals surface area contributed by atoms with Crippen LogP contribution >= 0.6 is 0 Å². The van der Waals surface area contributed by atoms with Gasteiger partial charge in [-0.05, 0) is 89.2 Å². The summed E-state index contributed by atoms with van der Waals surface area (Å²) in [6.45, 7) is 4.50. The maximum atomic E-state index is 5.57. The third kappa shape index (κ3) is 2.47. The Morgan fingerprint density at radius 2 is 1.62 bits per heavy atom. The van der Waals surface area contributed by atoms with E-state index in [1.165, 1.54) is 38.8 Å². The summed E-state index contributed by atoms with van der Waals surface area (Å²) < 4.78 is 11.0. The SMILES string of the molecule is Cc1cc(C)c2cc3c(cc2n1)C(=Cc1ccc2c(c1)OCO2)c1ccccc1-3. The number of rotatable bonds is 1. The minimum absolute atomic E-state index is 0.289. The molecule has 0 atom stereocenters. The van der Waals surface area contributed by atoms with Crippen LogP contribution in [0.5, 0.6) is 11.5 Å². The van der Waals surface area contributed by atoms with Gasteiger partial charge in [0.15, 0.2) is 11.5 Å². The Balaban J connectivity index is 1.61. The lowest BCUT2D eigenvalue weighted by atomic mass is 9.98. The molecule has 0 spiro atoms. The van der Waals surface area contributed by atoms with Crippen molar-refractivity contribution in [2.75, 3.05) is 6.79 Å². The average molecular weight is 377 g/mol. The summed E-state index contributed by atoms with van der Waals surface area (Å²) in [6, 6.07) is 21.4. The van der Waals surface area contributed by atoms with Crippen LogP contribution in [0.1, 0.15) is 27.9 Å². The Kier molecular flexibility index (Phi) is 3.36. The number of aromatic nitrogens is 1. The number of aryl methyl sites for hydroxylation is 2. The second-order valence-electron chi connectivity index (χ2n) is 7.71. The minimum Gasteiger partial charge on any atom is -0.454 e. The standard InChI is InChI=1S/C26H19NO2/c1-15-9-16(2)27-24-13-23-21(10-17-7-8-25-26(11-17)29-14-28-25)18-5-3-4-6-19(18)22(23)12-20(15)24/h3-13H,14H2,1-2H3. The first-order valence-corrected chi connectivity index (χ1v) is 9.81. The van der Waals surface area contributed by atoms with E-state index in [1.807, 2.05) is 12.1 Å². The molecule has 6 rings (SSSR count). The van der Waals surface area contributed by atoms with Gasteiger partial charge in [-0.1, -0.05) is 30.3 Å². The van der Waals surface area contributed by atoms with Crippen LogP contribution in [-0.2, 0) is 0 Å². The number of fused-ring (bicyclic) bond motifs is 5. The Labute approximate surface area is 169 Å². The van der Waals surface area contributed by atoms with Crippen LogP contribution in [-0.4, -0.2) is 11.8 Å². The molecular weight excluding hydrogens is 358 g/mol. The zero-order chi connectivity index (χ0) is 19.5. The van der Waals surface area contributed by atoms with Crippen molar-refractivity contribution in [2.24, 2.45) is 0 Å². The summed E-state index contributed by atoms with van der Waals surface area (Å²) in [4.78, 5) is 4.80. The smallest absolute Gasteiger partial charge is 0.231 e. The van der Waals surface area contributed by atoms with E-state index in [0.29, 0.717) is 0 Å². The highest BCUT2D eigenvalue weighted by molar-refractivity contribution is 6.09. The number of pyridine rings is 1. The van der Waals surface area contributed by atoms with Crippen molar-refractivity contribution in [3.05, 3.63) is 88.6 Å². The van der Waals surface area contributed by atoms with Crippen LogP contribution in [0.15, 0.2) is 60.7 Å². The lowest BCUT2D eigenvalue weighted by Gasteiger charge is -2.08. The Hall–Kier alpha value is -3.59. The highest BCUT2D eigenvalue weighted by Crippen LogP contribution is 2.47. The van der Waals surface area contributed by atoms with Gasteiger partial charge in [-0.15, -0.1) is 0 Å². The maximum absolute atomic E-state index is 5.57. The highest BCUT2D eigenvalue weighted by Gasteiger charge is 2.24. The minimum atomic E-state index is 0.289. The molecule has 0 saturated carbocycles. The van der Waals surface area contributed by atoms with Crippen molar-refractivity contribution < 1.29 is 9.47 Å². The first-order chi connectivity index (χ1) is 14.2. The van der Waals surface area contributed by atoms with Gasteiger partial charge in [0, 0.05) is 11.1 Å². The number of hydrogen-bond acceptors (Lipinski definition) is 3. The van der Waals surface area contributed by atoms with E-state index in [-0.39, 0.29) is 6.79 Å². The first-order valence-electron chi connectivity index (χ1n) is 9.81. The van der Waals surface area contributed by atoms with Crippen molar-refractivity contribution in [2.45, 2.75) is 13.8 Å².